The molecule has 0 fully saturated rings. The van der Waals surface area contributed by atoms with Crippen LogP contribution >= 0.6 is 17.2 Å². The van der Waals surface area contributed by atoms with Crippen molar-refractivity contribution in [2.24, 2.45) is 0 Å². The highest BCUT2D eigenvalue weighted by atomic mass is 31.2. The van der Waals surface area contributed by atoms with E-state index in [9.17, 15) is 4.79 Å². The summed E-state index contributed by atoms with van der Waals surface area (Å²) >= 11 is 0. The van der Waals surface area contributed by atoms with Gasteiger partial charge in [-0.1, -0.05) is 97.1 Å². The van der Waals surface area contributed by atoms with E-state index in [1.54, 1.807) is 12.1 Å². The molecule has 256 valence electrons. The van der Waals surface area contributed by atoms with Gasteiger partial charge < -0.3 is 27.1 Å². The van der Waals surface area contributed by atoms with Crippen LogP contribution in [0.5, 0.6) is 34.5 Å². The van der Waals surface area contributed by atoms with Crippen molar-refractivity contribution in [1.82, 2.24) is 0 Å². The Hall–Kier alpha value is -5.35. The summed E-state index contributed by atoms with van der Waals surface area (Å²) in [6, 6.07) is 41.9. The van der Waals surface area contributed by atoms with Crippen LogP contribution in [0.25, 0.3) is 0 Å². The van der Waals surface area contributed by atoms with Gasteiger partial charge in [-0.05, 0) is 104 Å². The molecule has 0 unspecified atom stereocenters. The number of ketones is 1. The second-order valence-electron chi connectivity index (χ2n) is 12.1. The molecule has 9 heteroatoms. The lowest BCUT2D eigenvalue weighted by atomic mass is 9.84. The van der Waals surface area contributed by atoms with Crippen LogP contribution in [-0.4, -0.2) is 5.78 Å². The number of rotatable bonds is 12. The fourth-order valence-electron chi connectivity index (χ4n) is 5.67. The van der Waals surface area contributed by atoms with Gasteiger partial charge in [-0.15, -0.1) is 0 Å². The summed E-state index contributed by atoms with van der Waals surface area (Å²) in [4.78, 5) is 14.7. The maximum Gasteiger partial charge on any atom is 0.530 e. The molecular formula is C42H36O7P2. The van der Waals surface area contributed by atoms with Crippen molar-refractivity contribution >= 4 is 23.0 Å². The Kier molecular flexibility index (Phi) is 10.2. The summed E-state index contributed by atoms with van der Waals surface area (Å²) in [5.41, 5.74) is 6.25. The molecule has 0 saturated carbocycles. The average Bonchev–Trinajstić information content (AvgIpc) is 3.12. The smallest absolute Gasteiger partial charge is 0.408 e. The first-order valence-electron chi connectivity index (χ1n) is 16.5. The number of hydrogen-bond donors (Lipinski definition) is 0. The van der Waals surface area contributed by atoms with Crippen molar-refractivity contribution in [1.29, 1.82) is 0 Å². The van der Waals surface area contributed by atoms with Crippen LogP contribution in [0, 0.1) is 27.7 Å². The fraction of sp³-hybridized carbons (Fsp3) is 0.119. The molecule has 7 nitrogen and oxygen atoms in total. The monoisotopic (exact) mass is 714 g/mol. The van der Waals surface area contributed by atoms with E-state index in [1.165, 1.54) is 0 Å². The summed E-state index contributed by atoms with van der Waals surface area (Å²) in [7, 11) is -4.06. The van der Waals surface area contributed by atoms with Gasteiger partial charge in [-0.2, -0.15) is 0 Å². The lowest BCUT2D eigenvalue weighted by Gasteiger charge is -2.26. The van der Waals surface area contributed by atoms with Crippen molar-refractivity contribution in [2.75, 3.05) is 0 Å². The van der Waals surface area contributed by atoms with Crippen molar-refractivity contribution in [3.05, 3.63) is 178 Å². The maximum atomic E-state index is 14.7. The van der Waals surface area contributed by atoms with E-state index >= 15 is 0 Å². The summed E-state index contributed by atoms with van der Waals surface area (Å²) in [6.45, 7) is 7.85. The molecule has 0 amide bonds. The van der Waals surface area contributed by atoms with Crippen molar-refractivity contribution < 1.29 is 31.9 Å². The fourth-order valence-corrected chi connectivity index (χ4v) is 7.99. The third-order valence-corrected chi connectivity index (χ3v) is 10.5. The molecule has 0 saturated heterocycles. The van der Waals surface area contributed by atoms with Gasteiger partial charge in [0.2, 0.25) is 5.78 Å². The molecule has 0 atom stereocenters. The highest BCUT2D eigenvalue weighted by Crippen LogP contribution is 2.49. The summed E-state index contributed by atoms with van der Waals surface area (Å²) < 4.78 is 38.5. The van der Waals surface area contributed by atoms with Crippen LogP contribution in [0.4, 0.5) is 0 Å². The Morgan fingerprint density at radius 3 is 0.961 bits per heavy atom. The lowest BCUT2D eigenvalue weighted by molar-refractivity contribution is 0.103. The number of benzene rings is 6. The number of carbonyl (C=O) groups excluding carboxylic acids is 1. The summed E-state index contributed by atoms with van der Waals surface area (Å²) in [5.74, 6) is 3.01. The van der Waals surface area contributed by atoms with E-state index in [4.69, 9.17) is 27.1 Å². The van der Waals surface area contributed by atoms with Crippen molar-refractivity contribution in [3.8, 4) is 34.5 Å². The first-order chi connectivity index (χ1) is 24.8. The van der Waals surface area contributed by atoms with Crippen LogP contribution in [0.1, 0.15) is 49.3 Å². The minimum absolute atomic E-state index is 0.235. The standard InChI is InChI=1S/C42H36O7P2/c1-28-15-5-9-21-34(28)44-50(45-35-22-10-6-16-29(35)2)48-38-25-13-19-32-27-33-20-14-26-39(41(33)42(43)40(32)38)49-51(46-36-23-11-7-17-30(36)3)47-37-24-12-8-18-31(37)4/h5-26H,27H2,1-4H3. The third kappa shape index (κ3) is 7.71. The first kappa shape index (κ1) is 34.1. The van der Waals surface area contributed by atoms with Gasteiger partial charge in [0.1, 0.15) is 34.5 Å². The molecule has 51 heavy (non-hydrogen) atoms. The topological polar surface area (TPSA) is 72.5 Å². The van der Waals surface area contributed by atoms with Gasteiger partial charge in [0.15, 0.2) is 0 Å². The zero-order valence-corrected chi connectivity index (χ0v) is 30.4. The van der Waals surface area contributed by atoms with Crippen LogP contribution in [0.2, 0.25) is 0 Å². The molecule has 7 rings (SSSR count). The molecule has 0 radical (unpaired) electrons. The van der Waals surface area contributed by atoms with E-state index in [1.807, 2.05) is 149 Å². The van der Waals surface area contributed by atoms with E-state index in [0.717, 1.165) is 33.4 Å². The summed E-state index contributed by atoms with van der Waals surface area (Å²) in [6.07, 6.45) is 0.495. The van der Waals surface area contributed by atoms with Crippen molar-refractivity contribution in [2.45, 2.75) is 34.1 Å². The number of fused-ring (bicyclic) bond motifs is 2. The number of para-hydroxylation sites is 4. The first-order valence-corrected chi connectivity index (χ1v) is 18.7. The zero-order valence-electron chi connectivity index (χ0n) is 28.7. The van der Waals surface area contributed by atoms with Gasteiger partial charge in [-0.25, -0.2) is 0 Å². The Bertz CT molecular complexity index is 1950. The molecule has 0 aromatic heterocycles. The molecular weight excluding hydrogens is 678 g/mol. The maximum absolute atomic E-state index is 14.7. The van der Waals surface area contributed by atoms with E-state index in [2.05, 4.69) is 0 Å². The highest BCUT2D eigenvalue weighted by molar-refractivity contribution is 7.43. The minimum atomic E-state index is -2.03. The minimum Gasteiger partial charge on any atom is -0.408 e. The quantitative estimate of drug-likeness (QED) is 0.117. The molecule has 0 N–H and O–H groups in total. The highest BCUT2D eigenvalue weighted by Gasteiger charge is 2.34. The molecule has 0 bridgehead atoms. The average molecular weight is 715 g/mol. The van der Waals surface area contributed by atoms with Gasteiger partial charge in [0, 0.05) is 0 Å². The second-order valence-corrected chi connectivity index (χ2v) is 14.1. The Morgan fingerprint density at radius 2 is 0.647 bits per heavy atom. The molecule has 0 aliphatic heterocycles. The SMILES string of the molecule is Cc1ccccc1OP(Oc1ccccc1C)Oc1cccc2c1C(=O)c1c(cccc1OP(Oc1ccccc1C)Oc1ccccc1C)C2. The molecule has 6 aromatic carbocycles. The van der Waals surface area contributed by atoms with E-state index in [0.29, 0.717) is 52.0 Å². The number of carbonyl (C=O) groups is 1. The van der Waals surface area contributed by atoms with Gasteiger partial charge in [0.05, 0.1) is 11.1 Å². The van der Waals surface area contributed by atoms with Gasteiger partial charge >= 0.3 is 17.2 Å². The van der Waals surface area contributed by atoms with Crippen LogP contribution in [0.15, 0.2) is 133 Å². The molecule has 0 heterocycles. The molecule has 6 aromatic rings. The Labute approximate surface area is 300 Å². The molecule has 0 spiro atoms. The summed E-state index contributed by atoms with van der Waals surface area (Å²) in [5, 5.41) is 0. The second kappa shape index (κ2) is 15.3. The van der Waals surface area contributed by atoms with Crippen LogP contribution < -0.4 is 27.1 Å². The Balaban J connectivity index is 1.22. The molecule has 1 aliphatic rings. The van der Waals surface area contributed by atoms with Gasteiger partial charge in [0.25, 0.3) is 0 Å². The largest absolute Gasteiger partial charge is 0.530 e. The predicted octanol–water partition coefficient (Wildman–Crippen LogP) is 11.6. The van der Waals surface area contributed by atoms with Gasteiger partial charge in [-0.3, -0.25) is 4.79 Å². The number of aryl methyl sites for hydroxylation is 4. The van der Waals surface area contributed by atoms with Crippen molar-refractivity contribution in [3.63, 3.8) is 0 Å². The van der Waals surface area contributed by atoms with E-state index < -0.39 is 17.2 Å². The zero-order chi connectivity index (χ0) is 35.3. The third-order valence-electron chi connectivity index (χ3n) is 8.47. The number of hydrogen-bond acceptors (Lipinski definition) is 7. The normalized spacial score (nSPS) is 11.8. The van der Waals surface area contributed by atoms with E-state index in [-0.39, 0.29) is 5.78 Å². The lowest BCUT2D eigenvalue weighted by Crippen LogP contribution is -2.18. The predicted molar refractivity (Wildman–Crippen MR) is 201 cm³/mol. The molecule has 1 aliphatic carbocycles. The Morgan fingerprint density at radius 1 is 0.373 bits per heavy atom. The van der Waals surface area contributed by atoms with Crippen LogP contribution in [-0.2, 0) is 6.42 Å². The van der Waals surface area contributed by atoms with Crippen LogP contribution in [0.3, 0.4) is 0 Å².